The quantitative estimate of drug-likeness (QED) is 0.752. The molecule has 1 aliphatic rings. The number of hydrogen-bond donors (Lipinski definition) is 1. The van der Waals surface area contributed by atoms with Crippen molar-refractivity contribution in [2.75, 3.05) is 26.2 Å². The van der Waals surface area contributed by atoms with Crippen molar-refractivity contribution in [3.05, 3.63) is 0 Å². The third-order valence-electron chi connectivity index (χ3n) is 2.67. The maximum absolute atomic E-state index is 11.2. The first-order chi connectivity index (χ1) is 8.01. The Hall–Kier alpha value is -0.260. The molecule has 1 aliphatic heterocycles. The lowest BCUT2D eigenvalue weighted by Crippen LogP contribution is -2.44. The Kier molecular flexibility index (Phi) is 6.30. The first-order valence-electron chi connectivity index (χ1n) is 6.22. The van der Waals surface area contributed by atoms with Crippen molar-refractivity contribution in [1.29, 1.82) is 0 Å². The predicted molar refractivity (Wildman–Crippen MR) is 70.2 cm³/mol. The molecule has 1 fully saturated rings. The van der Waals surface area contributed by atoms with Gasteiger partial charge in [0.25, 0.3) is 0 Å². The van der Waals surface area contributed by atoms with Crippen LogP contribution in [0, 0.1) is 0 Å². The fraction of sp³-hybridized carbons (Fsp3) is 0.917. The van der Waals surface area contributed by atoms with Gasteiger partial charge < -0.3 is 9.84 Å². The molecule has 0 aromatic carbocycles. The average molecular weight is 261 g/mol. The lowest BCUT2D eigenvalue weighted by molar-refractivity contribution is -0.145. The number of carbonyl (C=O) groups is 1. The van der Waals surface area contributed by atoms with Gasteiger partial charge in [0.15, 0.2) is 0 Å². The summed E-state index contributed by atoms with van der Waals surface area (Å²) < 4.78 is 4.82. The number of aliphatic hydroxyl groups is 1. The first-order valence-corrected chi connectivity index (χ1v) is 7.17. The standard InChI is InChI=1S/C12H23NO3S/c1-4-16-12(15)5-11(14)8-13-6-9(2)17-10(3)7-13/h9-11,14H,4-8H2,1-3H3. The van der Waals surface area contributed by atoms with E-state index in [1.165, 1.54) is 0 Å². The highest BCUT2D eigenvalue weighted by Gasteiger charge is 2.24. The Bertz CT molecular complexity index is 240. The molecule has 0 spiro atoms. The molecule has 0 aromatic heterocycles. The Morgan fingerprint density at radius 1 is 1.47 bits per heavy atom. The van der Waals surface area contributed by atoms with Crippen molar-refractivity contribution in [2.24, 2.45) is 0 Å². The Balaban J connectivity index is 2.30. The summed E-state index contributed by atoms with van der Waals surface area (Å²) in [4.78, 5) is 13.5. The zero-order valence-electron chi connectivity index (χ0n) is 10.9. The minimum atomic E-state index is -0.614. The minimum absolute atomic E-state index is 0.0975. The van der Waals surface area contributed by atoms with Crippen molar-refractivity contribution in [1.82, 2.24) is 4.90 Å². The SMILES string of the molecule is CCOC(=O)CC(O)CN1CC(C)SC(C)C1. The molecule has 3 unspecified atom stereocenters. The van der Waals surface area contributed by atoms with Crippen molar-refractivity contribution >= 4 is 17.7 Å². The number of esters is 1. The predicted octanol–water partition coefficient (Wildman–Crippen LogP) is 1.13. The van der Waals surface area contributed by atoms with Crippen molar-refractivity contribution in [3.63, 3.8) is 0 Å². The Morgan fingerprint density at radius 2 is 2.06 bits per heavy atom. The number of carbonyl (C=O) groups excluding carboxylic acids is 1. The summed E-state index contributed by atoms with van der Waals surface area (Å²) in [5, 5.41) is 11.0. The van der Waals surface area contributed by atoms with Gasteiger partial charge in [-0.3, -0.25) is 9.69 Å². The maximum Gasteiger partial charge on any atom is 0.308 e. The highest BCUT2D eigenvalue weighted by atomic mass is 32.2. The Morgan fingerprint density at radius 3 is 2.59 bits per heavy atom. The van der Waals surface area contributed by atoms with E-state index in [1.54, 1.807) is 6.92 Å². The fourth-order valence-electron chi connectivity index (χ4n) is 2.21. The molecule has 0 aromatic rings. The van der Waals surface area contributed by atoms with Gasteiger partial charge in [-0.2, -0.15) is 11.8 Å². The van der Waals surface area contributed by atoms with E-state index in [1.807, 2.05) is 11.8 Å². The first kappa shape index (κ1) is 14.8. The van der Waals surface area contributed by atoms with E-state index < -0.39 is 6.10 Å². The van der Waals surface area contributed by atoms with Gasteiger partial charge >= 0.3 is 5.97 Å². The second-order valence-electron chi connectivity index (χ2n) is 4.64. The molecule has 4 nitrogen and oxygen atoms in total. The van der Waals surface area contributed by atoms with Gasteiger partial charge in [-0.15, -0.1) is 0 Å². The van der Waals surface area contributed by atoms with Crippen LogP contribution in [0.1, 0.15) is 27.2 Å². The minimum Gasteiger partial charge on any atom is -0.466 e. The number of aliphatic hydroxyl groups excluding tert-OH is 1. The van der Waals surface area contributed by atoms with Crippen LogP contribution in [0.3, 0.4) is 0 Å². The topological polar surface area (TPSA) is 49.8 Å². The van der Waals surface area contributed by atoms with E-state index in [9.17, 15) is 9.90 Å². The lowest BCUT2D eigenvalue weighted by atomic mass is 10.2. The van der Waals surface area contributed by atoms with Crippen molar-refractivity contribution in [3.8, 4) is 0 Å². The van der Waals surface area contributed by atoms with Crippen LogP contribution in [-0.4, -0.2) is 58.8 Å². The second kappa shape index (κ2) is 7.24. The molecule has 0 radical (unpaired) electrons. The molecule has 0 amide bonds. The van der Waals surface area contributed by atoms with Crippen LogP contribution in [0.5, 0.6) is 0 Å². The molecule has 0 saturated carbocycles. The highest BCUT2D eigenvalue weighted by molar-refractivity contribution is 8.00. The number of rotatable bonds is 5. The van der Waals surface area contributed by atoms with Crippen LogP contribution in [0.15, 0.2) is 0 Å². The summed E-state index contributed by atoms with van der Waals surface area (Å²) in [6.07, 6.45) is -0.517. The molecule has 3 atom stereocenters. The molecule has 1 rings (SSSR count). The monoisotopic (exact) mass is 261 g/mol. The van der Waals surface area contributed by atoms with Crippen LogP contribution in [0.25, 0.3) is 0 Å². The number of thioether (sulfide) groups is 1. The van der Waals surface area contributed by atoms with E-state index in [-0.39, 0.29) is 12.4 Å². The third kappa shape index (κ3) is 5.75. The van der Waals surface area contributed by atoms with Crippen LogP contribution in [-0.2, 0) is 9.53 Å². The third-order valence-corrected chi connectivity index (χ3v) is 3.90. The van der Waals surface area contributed by atoms with E-state index >= 15 is 0 Å². The molecule has 1 saturated heterocycles. The molecule has 1 heterocycles. The molecule has 17 heavy (non-hydrogen) atoms. The fourth-order valence-corrected chi connectivity index (χ4v) is 3.60. The molecule has 100 valence electrons. The summed E-state index contributed by atoms with van der Waals surface area (Å²) in [5.74, 6) is -0.313. The molecule has 1 N–H and O–H groups in total. The summed E-state index contributed by atoms with van der Waals surface area (Å²) in [6.45, 7) is 9.07. The summed E-state index contributed by atoms with van der Waals surface area (Å²) >= 11 is 1.98. The second-order valence-corrected chi connectivity index (χ2v) is 6.52. The zero-order valence-corrected chi connectivity index (χ0v) is 11.7. The molecule has 0 bridgehead atoms. The number of nitrogens with zero attached hydrogens (tertiary/aromatic N) is 1. The van der Waals surface area contributed by atoms with Crippen LogP contribution in [0.4, 0.5) is 0 Å². The number of β-amino-alcohol motifs (C(OH)–C–C–N with tert-alkyl or cyclic N) is 1. The smallest absolute Gasteiger partial charge is 0.308 e. The molecular formula is C12H23NO3S. The van der Waals surface area contributed by atoms with Gasteiger partial charge in [-0.05, 0) is 6.92 Å². The average Bonchev–Trinajstić information content (AvgIpc) is 2.14. The maximum atomic E-state index is 11.2. The summed E-state index contributed by atoms with van der Waals surface area (Å²) in [5.41, 5.74) is 0. The van der Waals surface area contributed by atoms with E-state index in [0.717, 1.165) is 13.1 Å². The normalized spacial score (nSPS) is 27.8. The highest BCUT2D eigenvalue weighted by Crippen LogP contribution is 2.24. The van der Waals surface area contributed by atoms with E-state index in [2.05, 4.69) is 18.7 Å². The van der Waals surface area contributed by atoms with Crippen LogP contribution >= 0.6 is 11.8 Å². The Labute approximate surface area is 108 Å². The van der Waals surface area contributed by atoms with E-state index in [4.69, 9.17) is 4.74 Å². The zero-order chi connectivity index (χ0) is 12.8. The molecule has 0 aliphatic carbocycles. The van der Waals surface area contributed by atoms with Gasteiger partial charge in [0, 0.05) is 30.1 Å². The summed E-state index contributed by atoms with van der Waals surface area (Å²) in [6, 6.07) is 0. The van der Waals surface area contributed by atoms with Crippen molar-refractivity contribution in [2.45, 2.75) is 43.8 Å². The lowest BCUT2D eigenvalue weighted by Gasteiger charge is -2.35. The summed E-state index contributed by atoms with van der Waals surface area (Å²) in [7, 11) is 0. The largest absolute Gasteiger partial charge is 0.466 e. The van der Waals surface area contributed by atoms with E-state index in [0.29, 0.717) is 23.7 Å². The number of ether oxygens (including phenoxy) is 1. The van der Waals surface area contributed by atoms with Gasteiger partial charge in [-0.25, -0.2) is 0 Å². The van der Waals surface area contributed by atoms with Crippen LogP contribution < -0.4 is 0 Å². The van der Waals surface area contributed by atoms with Crippen LogP contribution in [0.2, 0.25) is 0 Å². The van der Waals surface area contributed by atoms with Gasteiger partial charge in [0.05, 0.1) is 19.1 Å². The van der Waals surface area contributed by atoms with Crippen molar-refractivity contribution < 1.29 is 14.6 Å². The van der Waals surface area contributed by atoms with Gasteiger partial charge in [0.2, 0.25) is 0 Å². The van der Waals surface area contributed by atoms with Gasteiger partial charge in [0.1, 0.15) is 0 Å². The van der Waals surface area contributed by atoms with Gasteiger partial charge in [-0.1, -0.05) is 13.8 Å². The number of hydrogen-bond acceptors (Lipinski definition) is 5. The molecular weight excluding hydrogens is 238 g/mol. The molecule has 5 heteroatoms.